The van der Waals surface area contributed by atoms with Gasteiger partial charge in [-0.15, -0.1) is 0 Å². The number of hydrogen-bond acceptors (Lipinski definition) is 0. The zero-order valence-electron chi connectivity index (χ0n) is 5.43. The Labute approximate surface area is 56.0 Å². The van der Waals surface area contributed by atoms with Crippen molar-refractivity contribution < 1.29 is 0 Å². The summed E-state index contributed by atoms with van der Waals surface area (Å²) in [6, 6.07) is 0. The first kappa shape index (κ1) is 4.54. The summed E-state index contributed by atoms with van der Waals surface area (Å²) in [5.41, 5.74) is 1.75. The second-order valence-electron chi connectivity index (χ2n) is 3.45. The summed E-state index contributed by atoms with van der Waals surface area (Å²) in [6.45, 7) is 0. The first-order chi connectivity index (χ1) is 4.45. The molecule has 0 aromatic heterocycles. The Bertz CT molecular complexity index is 178. The molecular weight excluding hydrogens is 108 g/mol. The molecule has 2 radical (unpaired) electrons. The fraction of sp³-hybridized carbons (Fsp3) is 0.667. The fourth-order valence-electron chi connectivity index (χ4n) is 2.32. The molecule has 0 spiro atoms. The summed E-state index contributed by atoms with van der Waals surface area (Å²) < 4.78 is 0. The predicted octanol–water partition coefficient (Wildman–Crippen LogP) is 2.05. The zero-order chi connectivity index (χ0) is 5.84. The third kappa shape index (κ3) is 0.452. The molecule has 0 aliphatic heterocycles. The predicted molar refractivity (Wildman–Crippen MR) is 35.6 cm³/mol. The molecule has 9 heavy (non-hydrogen) atoms. The second-order valence-corrected chi connectivity index (χ2v) is 3.45. The summed E-state index contributed by atoms with van der Waals surface area (Å²) >= 11 is 0. The van der Waals surface area contributed by atoms with Crippen molar-refractivity contribution in [3.05, 3.63) is 18.1 Å². The van der Waals surface area contributed by atoms with E-state index < -0.39 is 0 Å². The smallest absolute Gasteiger partial charge is 0.00558 e. The summed E-state index contributed by atoms with van der Waals surface area (Å²) in [4.78, 5) is 0. The Morgan fingerprint density at radius 3 is 3.44 bits per heavy atom. The minimum atomic E-state index is 0.814. The summed E-state index contributed by atoms with van der Waals surface area (Å²) in [5.74, 6) is 2.70. The van der Waals surface area contributed by atoms with E-state index in [1.54, 1.807) is 5.57 Å². The maximum atomic E-state index is 3.62. The van der Waals surface area contributed by atoms with E-state index in [2.05, 4.69) is 12.5 Å². The molecule has 2 fully saturated rings. The van der Waals surface area contributed by atoms with Crippen LogP contribution >= 0.6 is 0 Å². The Kier molecular flexibility index (Phi) is 0.633. The zero-order valence-corrected chi connectivity index (χ0v) is 5.43. The van der Waals surface area contributed by atoms with Crippen LogP contribution in [0.4, 0.5) is 0 Å². The highest BCUT2D eigenvalue weighted by atomic mass is 14.5. The summed E-state index contributed by atoms with van der Waals surface area (Å²) in [5, 5.41) is 0. The standard InChI is InChI=1S/C9H10/c1-2-6-4-7-5-9(7)8(6)3-1/h3,6-7,9H,1-2,5H2. The lowest BCUT2D eigenvalue weighted by Crippen LogP contribution is -1.94. The number of rotatable bonds is 0. The monoisotopic (exact) mass is 118 g/mol. The molecule has 0 N–H and O–H groups in total. The third-order valence-corrected chi connectivity index (χ3v) is 2.87. The van der Waals surface area contributed by atoms with Gasteiger partial charge in [0.25, 0.3) is 0 Å². The lowest BCUT2D eigenvalue weighted by molar-refractivity contribution is 0.680. The van der Waals surface area contributed by atoms with Crippen molar-refractivity contribution in [2.75, 3.05) is 0 Å². The maximum Gasteiger partial charge on any atom is -0.00558 e. The molecular formula is C9H10. The van der Waals surface area contributed by atoms with Gasteiger partial charge >= 0.3 is 0 Å². The van der Waals surface area contributed by atoms with Crippen LogP contribution in [0.5, 0.6) is 0 Å². The molecule has 0 heterocycles. The lowest BCUT2D eigenvalue weighted by Gasteiger charge is -2.04. The molecule has 0 nitrogen and oxygen atoms in total. The molecule has 0 aromatic rings. The van der Waals surface area contributed by atoms with Crippen molar-refractivity contribution in [2.45, 2.75) is 19.3 Å². The van der Waals surface area contributed by atoms with Crippen LogP contribution in [0.15, 0.2) is 11.6 Å². The Morgan fingerprint density at radius 2 is 2.56 bits per heavy atom. The first-order valence-electron chi connectivity index (χ1n) is 3.91. The van der Waals surface area contributed by atoms with Gasteiger partial charge in [-0.05, 0) is 43.4 Å². The molecule has 46 valence electrons. The van der Waals surface area contributed by atoms with E-state index in [4.69, 9.17) is 0 Å². The highest BCUT2D eigenvalue weighted by Crippen LogP contribution is 2.60. The van der Waals surface area contributed by atoms with Gasteiger partial charge in [0.2, 0.25) is 0 Å². The molecule has 0 aromatic carbocycles. The molecule has 3 unspecified atom stereocenters. The Hall–Kier alpha value is -0.260. The molecule has 0 amide bonds. The SMILES string of the molecule is [C]1C2CCC=C2C2CC12. The van der Waals surface area contributed by atoms with Crippen molar-refractivity contribution in [1.29, 1.82) is 0 Å². The van der Waals surface area contributed by atoms with Crippen LogP contribution in [-0.4, -0.2) is 0 Å². The topological polar surface area (TPSA) is 0 Å². The average molecular weight is 118 g/mol. The van der Waals surface area contributed by atoms with E-state index in [0.717, 1.165) is 17.8 Å². The van der Waals surface area contributed by atoms with E-state index in [1.165, 1.54) is 19.3 Å². The van der Waals surface area contributed by atoms with Crippen LogP contribution in [0.25, 0.3) is 0 Å². The molecule has 0 saturated heterocycles. The highest BCUT2D eigenvalue weighted by Gasteiger charge is 2.50. The minimum absolute atomic E-state index is 0.814. The van der Waals surface area contributed by atoms with Gasteiger partial charge in [-0.25, -0.2) is 0 Å². The maximum absolute atomic E-state index is 3.62. The number of hydrogen-bond donors (Lipinski definition) is 0. The molecule has 0 heteroatoms. The van der Waals surface area contributed by atoms with Crippen LogP contribution in [-0.2, 0) is 0 Å². The van der Waals surface area contributed by atoms with Crippen molar-refractivity contribution in [2.24, 2.45) is 17.8 Å². The quantitative estimate of drug-likeness (QED) is 0.427. The molecule has 3 atom stereocenters. The normalized spacial score (nSPS) is 52.4. The fourth-order valence-corrected chi connectivity index (χ4v) is 2.32. The number of allylic oxidation sites excluding steroid dienone is 2. The largest absolute Gasteiger partial charge is 0.0847 e. The molecule has 3 aliphatic carbocycles. The van der Waals surface area contributed by atoms with Gasteiger partial charge in [-0.1, -0.05) is 11.6 Å². The van der Waals surface area contributed by atoms with Crippen LogP contribution in [0, 0.1) is 24.2 Å². The van der Waals surface area contributed by atoms with E-state index in [1.807, 2.05) is 0 Å². The van der Waals surface area contributed by atoms with Crippen molar-refractivity contribution in [3.8, 4) is 0 Å². The Balaban J connectivity index is 2.02. The highest BCUT2D eigenvalue weighted by molar-refractivity contribution is 5.34. The van der Waals surface area contributed by atoms with E-state index in [9.17, 15) is 0 Å². The van der Waals surface area contributed by atoms with E-state index >= 15 is 0 Å². The first-order valence-corrected chi connectivity index (χ1v) is 3.91. The van der Waals surface area contributed by atoms with Gasteiger partial charge in [0.05, 0.1) is 0 Å². The van der Waals surface area contributed by atoms with Gasteiger partial charge in [-0.3, -0.25) is 0 Å². The van der Waals surface area contributed by atoms with E-state index in [0.29, 0.717) is 0 Å². The van der Waals surface area contributed by atoms with Crippen LogP contribution < -0.4 is 0 Å². The van der Waals surface area contributed by atoms with Crippen molar-refractivity contribution in [3.63, 3.8) is 0 Å². The third-order valence-electron chi connectivity index (χ3n) is 2.87. The van der Waals surface area contributed by atoms with Crippen LogP contribution in [0.1, 0.15) is 19.3 Å². The molecule has 3 rings (SSSR count). The molecule has 3 aliphatic rings. The Morgan fingerprint density at radius 1 is 1.56 bits per heavy atom. The summed E-state index contributed by atoms with van der Waals surface area (Å²) in [6.07, 6.45) is 10.2. The van der Waals surface area contributed by atoms with E-state index in [-0.39, 0.29) is 0 Å². The van der Waals surface area contributed by atoms with Gasteiger partial charge in [-0.2, -0.15) is 0 Å². The van der Waals surface area contributed by atoms with Gasteiger partial charge < -0.3 is 0 Å². The van der Waals surface area contributed by atoms with Gasteiger partial charge in [0.1, 0.15) is 0 Å². The van der Waals surface area contributed by atoms with Crippen molar-refractivity contribution >= 4 is 0 Å². The number of fused-ring (bicyclic) bond motifs is 3. The lowest BCUT2D eigenvalue weighted by atomic mass is 10.0. The van der Waals surface area contributed by atoms with Crippen LogP contribution in [0.3, 0.4) is 0 Å². The summed E-state index contributed by atoms with van der Waals surface area (Å²) in [7, 11) is 0. The van der Waals surface area contributed by atoms with Crippen LogP contribution in [0.2, 0.25) is 0 Å². The van der Waals surface area contributed by atoms with Gasteiger partial charge in [0, 0.05) is 0 Å². The average Bonchev–Trinajstić information content (AvgIpc) is 2.38. The molecule has 0 bridgehead atoms. The molecule has 2 saturated carbocycles. The minimum Gasteiger partial charge on any atom is -0.0847 e. The van der Waals surface area contributed by atoms with Crippen molar-refractivity contribution in [1.82, 2.24) is 0 Å². The van der Waals surface area contributed by atoms with Gasteiger partial charge in [0.15, 0.2) is 0 Å². The second kappa shape index (κ2) is 1.25.